The van der Waals surface area contributed by atoms with Gasteiger partial charge < -0.3 is 10.1 Å². The van der Waals surface area contributed by atoms with Gasteiger partial charge in [0.1, 0.15) is 0 Å². The van der Waals surface area contributed by atoms with Crippen molar-refractivity contribution in [2.75, 3.05) is 7.11 Å². The summed E-state index contributed by atoms with van der Waals surface area (Å²) in [7, 11) is 1.71. The summed E-state index contributed by atoms with van der Waals surface area (Å²) in [5.74, 6) is -0.0564. The van der Waals surface area contributed by atoms with Gasteiger partial charge in [-0.1, -0.05) is 18.1 Å². The predicted molar refractivity (Wildman–Crippen MR) is 81.9 cm³/mol. The normalized spacial score (nSPS) is 21.5. The van der Waals surface area contributed by atoms with Gasteiger partial charge in [-0.3, -0.25) is 4.79 Å². The number of carbonyl (C=O) groups is 1. The number of nitrogens with zero attached hydrogens (tertiary/aromatic N) is 3. The van der Waals surface area contributed by atoms with Crippen LogP contribution in [0.1, 0.15) is 36.0 Å². The number of nitrogens with one attached hydrogen (secondary N) is 1. The van der Waals surface area contributed by atoms with Crippen molar-refractivity contribution in [3.05, 3.63) is 42.2 Å². The lowest BCUT2D eigenvalue weighted by Crippen LogP contribution is -2.45. The molecule has 0 bridgehead atoms. The van der Waals surface area contributed by atoms with Crippen LogP contribution >= 0.6 is 0 Å². The van der Waals surface area contributed by atoms with Gasteiger partial charge in [-0.15, -0.1) is 5.10 Å². The number of ether oxygens (including phenoxy) is 1. The van der Waals surface area contributed by atoms with Crippen molar-refractivity contribution in [1.82, 2.24) is 20.3 Å². The van der Waals surface area contributed by atoms with E-state index in [0.717, 1.165) is 31.4 Å². The van der Waals surface area contributed by atoms with Gasteiger partial charge in [-0.05, 0) is 37.1 Å². The molecule has 0 radical (unpaired) electrons. The van der Waals surface area contributed by atoms with Gasteiger partial charge >= 0.3 is 0 Å². The average molecular weight is 300 g/mol. The van der Waals surface area contributed by atoms with E-state index >= 15 is 0 Å². The molecule has 0 aliphatic heterocycles. The Morgan fingerprint density at radius 2 is 2.05 bits per heavy atom. The summed E-state index contributed by atoms with van der Waals surface area (Å²) >= 11 is 0. The van der Waals surface area contributed by atoms with Crippen LogP contribution in [0.25, 0.3) is 5.69 Å². The second-order valence-corrected chi connectivity index (χ2v) is 5.53. The highest BCUT2D eigenvalue weighted by Crippen LogP contribution is 2.21. The van der Waals surface area contributed by atoms with Crippen LogP contribution in [0.5, 0.6) is 0 Å². The summed E-state index contributed by atoms with van der Waals surface area (Å²) in [4.78, 5) is 12.4. The summed E-state index contributed by atoms with van der Waals surface area (Å²) < 4.78 is 7.13. The first-order valence-corrected chi connectivity index (χ1v) is 7.58. The Morgan fingerprint density at radius 1 is 1.27 bits per heavy atom. The number of rotatable bonds is 4. The van der Waals surface area contributed by atoms with E-state index in [9.17, 15) is 4.79 Å². The van der Waals surface area contributed by atoms with E-state index in [-0.39, 0.29) is 18.1 Å². The maximum absolute atomic E-state index is 12.4. The van der Waals surface area contributed by atoms with Crippen molar-refractivity contribution in [3.63, 3.8) is 0 Å². The highest BCUT2D eigenvalue weighted by atomic mass is 16.5. The van der Waals surface area contributed by atoms with E-state index in [1.165, 1.54) is 0 Å². The molecule has 1 aliphatic carbocycles. The van der Waals surface area contributed by atoms with Crippen molar-refractivity contribution in [2.45, 2.75) is 37.8 Å². The fourth-order valence-corrected chi connectivity index (χ4v) is 2.91. The van der Waals surface area contributed by atoms with Crippen LogP contribution in [-0.2, 0) is 4.74 Å². The largest absolute Gasteiger partial charge is 0.379 e. The van der Waals surface area contributed by atoms with Crippen LogP contribution in [0.4, 0.5) is 0 Å². The summed E-state index contributed by atoms with van der Waals surface area (Å²) in [6.45, 7) is 0. The molecule has 2 unspecified atom stereocenters. The summed E-state index contributed by atoms with van der Waals surface area (Å²) in [6, 6.07) is 7.42. The number of carbonyl (C=O) groups excluding carboxylic acids is 1. The lowest BCUT2D eigenvalue weighted by molar-refractivity contribution is 0.0392. The summed E-state index contributed by atoms with van der Waals surface area (Å²) in [5.41, 5.74) is 1.52. The van der Waals surface area contributed by atoms with E-state index in [2.05, 4.69) is 15.6 Å². The lowest BCUT2D eigenvalue weighted by atomic mass is 9.92. The first-order chi connectivity index (χ1) is 10.8. The molecule has 6 nitrogen and oxygen atoms in total. The quantitative estimate of drug-likeness (QED) is 0.937. The van der Waals surface area contributed by atoms with Gasteiger partial charge in [0.05, 0.1) is 30.2 Å². The third-order valence-corrected chi connectivity index (χ3v) is 4.14. The predicted octanol–water partition coefficient (Wildman–Crippen LogP) is 1.95. The number of aromatic nitrogens is 3. The molecule has 1 aromatic carbocycles. The third-order valence-electron chi connectivity index (χ3n) is 4.14. The van der Waals surface area contributed by atoms with Crippen LogP contribution in [-0.4, -0.2) is 40.2 Å². The number of methoxy groups -OCH3 is 1. The van der Waals surface area contributed by atoms with Gasteiger partial charge in [-0.2, -0.15) is 0 Å². The van der Waals surface area contributed by atoms with Crippen molar-refractivity contribution in [3.8, 4) is 5.69 Å². The topological polar surface area (TPSA) is 69.0 Å². The zero-order valence-electron chi connectivity index (χ0n) is 12.6. The molecule has 0 saturated heterocycles. The van der Waals surface area contributed by atoms with Crippen LogP contribution in [0.3, 0.4) is 0 Å². The number of hydrogen-bond donors (Lipinski definition) is 1. The zero-order chi connectivity index (χ0) is 15.4. The maximum atomic E-state index is 12.4. The molecule has 2 aromatic rings. The monoisotopic (exact) mass is 300 g/mol. The van der Waals surface area contributed by atoms with E-state index < -0.39 is 0 Å². The molecule has 1 aliphatic rings. The Balaban J connectivity index is 1.67. The third kappa shape index (κ3) is 3.17. The fourth-order valence-electron chi connectivity index (χ4n) is 2.91. The average Bonchev–Trinajstić information content (AvgIpc) is 3.10. The Labute approximate surface area is 129 Å². The Bertz CT molecular complexity index is 610. The minimum atomic E-state index is -0.0564. The van der Waals surface area contributed by atoms with Crippen molar-refractivity contribution in [1.29, 1.82) is 0 Å². The van der Waals surface area contributed by atoms with Gasteiger partial charge in [0.15, 0.2) is 0 Å². The highest BCUT2D eigenvalue weighted by molar-refractivity contribution is 5.94. The first-order valence-electron chi connectivity index (χ1n) is 7.58. The van der Waals surface area contributed by atoms with Crippen LogP contribution < -0.4 is 5.32 Å². The van der Waals surface area contributed by atoms with Crippen LogP contribution in [0, 0.1) is 0 Å². The van der Waals surface area contributed by atoms with Crippen molar-refractivity contribution >= 4 is 5.91 Å². The van der Waals surface area contributed by atoms with E-state index in [4.69, 9.17) is 4.74 Å². The molecule has 22 heavy (non-hydrogen) atoms. The minimum absolute atomic E-state index is 0.0564. The molecule has 116 valence electrons. The summed E-state index contributed by atoms with van der Waals surface area (Å²) in [5, 5.41) is 10.8. The van der Waals surface area contributed by atoms with E-state index in [1.54, 1.807) is 36.3 Å². The van der Waals surface area contributed by atoms with Gasteiger partial charge in [0.25, 0.3) is 5.91 Å². The van der Waals surface area contributed by atoms with Crippen LogP contribution in [0.2, 0.25) is 0 Å². The molecule has 1 heterocycles. The maximum Gasteiger partial charge on any atom is 0.251 e. The molecule has 6 heteroatoms. The SMILES string of the molecule is COC1CCCCC1NC(=O)c1ccc(-n2ccnn2)cc1. The molecular weight excluding hydrogens is 280 g/mol. The molecule has 1 fully saturated rings. The molecule has 1 saturated carbocycles. The Hall–Kier alpha value is -2.21. The Kier molecular flexibility index (Phi) is 4.48. The Morgan fingerprint density at radius 3 is 2.73 bits per heavy atom. The molecule has 0 spiro atoms. The molecule has 1 amide bonds. The van der Waals surface area contributed by atoms with Crippen molar-refractivity contribution in [2.24, 2.45) is 0 Å². The van der Waals surface area contributed by atoms with Crippen LogP contribution in [0.15, 0.2) is 36.7 Å². The molecular formula is C16H20N4O2. The van der Waals surface area contributed by atoms with Gasteiger partial charge in [0.2, 0.25) is 0 Å². The first kappa shape index (κ1) is 14.7. The second-order valence-electron chi connectivity index (χ2n) is 5.53. The zero-order valence-corrected chi connectivity index (χ0v) is 12.6. The number of hydrogen-bond acceptors (Lipinski definition) is 4. The fraction of sp³-hybridized carbons (Fsp3) is 0.438. The van der Waals surface area contributed by atoms with E-state index in [1.807, 2.05) is 12.1 Å². The standard InChI is InChI=1S/C16H20N4O2/c1-22-15-5-3-2-4-14(15)18-16(21)12-6-8-13(9-7-12)20-11-10-17-19-20/h6-11,14-15H,2-5H2,1H3,(H,18,21). The highest BCUT2D eigenvalue weighted by Gasteiger charge is 2.26. The molecule has 2 atom stereocenters. The molecule has 3 rings (SSSR count). The molecule has 1 N–H and O–H groups in total. The van der Waals surface area contributed by atoms with E-state index in [0.29, 0.717) is 5.56 Å². The van der Waals surface area contributed by atoms with Gasteiger partial charge in [-0.25, -0.2) is 4.68 Å². The second kappa shape index (κ2) is 6.70. The minimum Gasteiger partial charge on any atom is -0.379 e. The number of amides is 1. The number of benzene rings is 1. The molecule has 1 aromatic heterocycles. The summed E-state index contributed by atoms with van der Waals surface area (Å²) in [6.07, 6.45) is 7.78. The van der Waals surface area contributed by atoms with Gasteiger partial charge in [0, 0.05) is 12.7 Å². The smallest absolute Gasteiger partial charge is 0.251 e. The van der Waals surface area contributed by atoms with Crippen molar-refractivity contribution < 1.29 is 9.53 Å². The lowest BCUT2D eigenvalue weighted by Gasteiger charge is -2.31.